The van der Waals surface area contributed by atoms with Crippen LogP contribution in [-0.4, -0.2) is 37.5 Å². The molecule has 0 amide bonds. The van der Waals surface area contributed by atoms with E-state index in [4.69, 9.17) is 10.1 Å². The summed E-state index contributed by atoms with van der Waals surface area (Å²) in [4.78, 5) is 1.97. The maximum absolute atomic E-state index is 7.35. The molecule has 64 valence electrons. The summed E-state index contributed by atoms with van der Waals surface area (Å²) in [7, 11) is 1.96. The Morgan fingerprint density at radius 1 is 1.73 bits per heavy atom. The quantitative estimate of drug-likeness (QED) is 0.477. The van der Waals surface area contributed by atoms with Crippen LogP contribution >= 0.6 is 0 Å². The molecule has 1 fully saturated rings. The third kappa shape index (κ3) is 2.50. The molecule has 1 N–H and O–H groups in total. The summed E-state index contributed by atoms with van der Waals surface area (Å²) >= 11 is 0. The van der Waals surface area contributed by atoms with Crippen LogP contribution < -0.4 is 0 Å². The van der Waals surface area contributed by atoms with Crippen molar-refractivity contribution in [3.05, 3.63) is 0 Å². The molecular weight excluding hydrogens is 140 g/mol. The van der Waals surface area contributed by atoms with E-state index in [0.29, 0.717) is 11.8 Å². The lowest BCUT2D eigenvalue weighted by molar-refractivity contribution is 0.181. The van der Waals surface area contributed by atoms with Gasteiger partial charge >= 0.3 is 0 Å². The van der Waals surface area contributed by atoms with Crippen molar-refractivity contribution in [2.24, 2.45) is 5.92 Å². The van der Waals surface area contributed by atoms with E-state index in [0.717, 1.165) is 26.2 Å². The molecule has 11 heavy (non-hydrogen) atoms. The molecule has 1 heterocycles. The van der Waals surface area contributed by atoms with E-state index >= 15 is 0 Å². The fourth-order valence-electron chi connectivity index (χ4n) is 1.25. The second-order valence-corrected chi connectivity index (χ2v) is 3.20. The van der Waals surface area contributed by atoms with Crippen molar-refractivity contribution in [3.8, 4) is 0 Å². The molecule has 0 aliphatic carbocycles. The smallest absolute Gasteiger partial charge is 0.0923 e. The van der Waals surface area contributed by atoms with E-state index in [1.165, 1.54) is 0 Å². The highest BCUT2D eigenvalue weighted by atomic mass is 16.5. The van der Waals surface area contributed by atoms with Crippen molar-refractivity contribution in [1.82, 2.24) is 4.90 Å². The van der Waals surface area contributed by atoms with Crippen molar-refractivity contribution >= 4 is 5.84 Å². The van der Waals surface area contributed by atoms with Gasteiger partial charge in [-0.2, -0.15) is 0 Å². The lowest BCUT2D eigenvalue weighted by Crippen LogP contribution is -2.29. The molecule has 0 aromatic heterocycles. The van der Waals surface area contributed by atoms with Gasteiger partial charge in [-0.3, -0.25) is 5.41 Å². The largest absolute Gasteiger partial charge is 0.381 e. The summed E-state index contributed by atoms with van der Waals surface area (Å²) in [5.41, 5.74) is 0. The molecule has 1 saturated heterocycles. The van der Waals surface area contributed by atoms with E-state index in [-0.39, 0.29) is 0 Å². The van der Waals surface area contributed by atoms with Gasteiger partial charge in [-0.25, -0.2) is 0 Å². The standard InChI is InChI=1S/C8H16N2O/c1-7(9)10(2)5-8-3-4-11-6-8/h8-9H,3-6H2,1-2H3. The van der Waals surface area contributed by atoms with Crippen LogP contribution in [0.1, 0.15) is 13.3 Å². The first kappa shape index (κ1) is 8.53. The maximum atomic E-state index is 7.35. The van der Waals surface area contributed by atoms with Gasteiger partial charge in [0.15, 0.2) is 0 Å². The van der Waals surface area contributed by atoms with E-state index in [1.54, 1.807) is 0 Å². The summed E-state index contributed by atoms with van der Waals surface area (Å²) in [6.45, 7) is 4.55. The molecular formula is C8H16N2O. The highest BCUT2D eigenvalue weighted by Gasteiger charge is 2.17. The first-order valence-electron chi connectivity index (χ1n) is 4.04. The van der Waals surface area contributed by atoms with E-state index in [2.05, 4.69) is 0 Å². The number of hydrogen-bond acceptors (Lipinski definition) is 2. The normalized spacial score (nSPS) is 23.6. The third-order valence-corrected chi connectivity index (χ3v) is 2.13. The van der Waals surface area contributed by atoms with Gasteiger partial charge in [0.25, 0.3) is 0 Å². The van der Waals surface area contributed by atoms with Crippen LogP contribution in [0, 0.1) is 11.3 Å². The fraction of sp³-hybridized carbons (Fsp3) is 0.875. The summed E-state index contributed by atoms with van der Waals surface area (Å²) in [5, 5.41) is 7.35. The van der Waals surface area contributed by atoms with Crippen molar-refractivity contribution in [3.63, 3.8) is 0 Å². The minimum absolute atomic E-state index is 0.636. The predicted octanol–water partition coefficient (Wildman–Crippen LogP) is 0.952. The molecule has 1 rings (SSSR count). The number of hydrogen-bond donors (Lipinski definition) is 1. The van der Waals surface area contributed by atoms with Crippen LogP contribution in [0.3, 0.4) is 0 Å². The second kappa shape index (κ2) is 3.72. The highest BCUT2D eigenvalue weighted by molar-refractivity contribution is 5.75. The molecule has 0 saturated carbocycles. The van der Waals surface area contributed by atoms with Gasteiger partial charge < -0.3 is 9.64 Å². The first-order chi connectivity index (χ1) is 5.20. The summed E-state index contributed by atoms with van der Waals surface area (Å²) in [5.74, 6) is 1.28. The van der Waals surface area contributed by atoms with Crippen molar-refractivity contribution in [2.75, 3.05) is 26.8 Å². The van der Waals surface area contributed by atoms with E-state index in [1.807, 2.05) is 18.9 Å². The number of rotatable bonds is 2. The lowest BCUT2D eigenvalue weighted by Gasteiger charge is -2.20. The van der Waals surface area contributed by atoms with Crippen LogP contribution in [-0.2, 0) is 4.74 Å². The third-order valence-electron chi connectivity index (χ3n) is 2.13. The summed E-state index contributed by atoms with van der Waals surface area (Å²) in [6, 6.07) is 0. The van der Waals surface area contributed by atoms with Gasteiger partial charge in [0.2, 0.25) is 0 Å². The second-order valence-electron chi connectivity index (χ2n) is 3.20. The maximum Gasteiger partial charge on any atom is 0.0923 e. The molecule has 1 atom stereocenters. The average molecular weight is 156 g/mol. The summed E-state index contributed by atoms with van der Waals surface area (Å²) in [6.07, 6.45) is 1.15. The Morgan fingerprint density at radius 3 is 2.91 bits per heavy atom. The number of amidine groups is 1. The Hall–Kier alpha value is -0.570. The molecule has 1 aliphatic heterocycles. The van der Waals surface area contributed by atoms with Gasteiger partial charge in [-0.15, -0.1) is 0 Å². The molecule has 1 unspecified atom stereocenters. The fourth-order valence-corrected chi connectivity index (χ4v) is 1.25. The Labute approximate surface area is 67.8 Å². The van der Waals surface area contributed by atoms with E-state index in [9.17, 15) is 0 Å². The van der Waals surface area contributed by atoms with Gasteiger partial charge in [0, 0.05) is 26.1 Å². The number of nitrogens with zero attached hydrogens (tertiary/aromatic N) is 1. The van der Waals surface area contributed by atoms with Crippen molar-refractivity contribution in [1.29, 1.82) is 5.41 Å². The van der Waals surface area contributed by atoms with Gasteiger partial charge in [0.05, 0.1) is 12.4 Å². The molecule has 3 heteroatoms. The van der Waals surface area contributed by atoms with E-state index < -0.39 is 0 Å². The zero-order valence-electron chi connectivity index (χ0n) is 7.26. The average Bonchev–Trinajstić information content (AvgIpc) is 2.39. The minimum Gasteiger partial charge on any atom is -0.381 e. The minimum atomic E-state index is 0.636. The zero-order chi connectivity index (χ0) is 8.27. The first-order valence-corrected chi connectivity index (χ1v) is 4.04. The topological polar surface area (TPSA) is 36.3 Å². The predicted molar refractivity (Wildman–Crippen MR) is 45.0 cm³/mol. The Bertz CT molecular complexity index is 141. The zero-order valence-corrected chi connectivity index (χ0v) is 7.26. The molecule has 0 spiro atoms. The van der Waals surface area contributed by atoms with Crippen LogP contribution in [0.15, 0.2) is 0 Å². The number of nitrogens with one attached hydrogen (secondary N) is 1. The van der Waals surface area contributed by atoms with Gasteiger partial charge in [-0.05, 0) is 13.3 Å². The molecule has 0 aromatic carbocycles. The SMILES string of the molecule is CC(=N)N(C)CC1CCOC1. The molecule has 0 radical (unpaired) electrons. The molecule has 1 aliphatic rings. The van der Waals surface area contributed by atoms with Crippen LogP contribution in [0.2, 0.25) is 0 Å². The highest BCUT2D eigenvalue weighted by Crippen LogP contribution is 2.12. The molecule has 3 nitrogen and oxygen atoms in total. The van der Waals surface area contributed by atoms with Crippen molar-refractivity contribution in [2.45, 2.75) is 13.3 Å². The molecule has 0 bridgehead atoms. The Morgan fingerprint density at radius 2 is 2.45 bits per heavy atom. The van der Waals surface area contributed by atoms with Crippen LogP contribution in [0.4, 0.5) is 0 Å². The Balaban J connectivity index is 2.23. The molecule has 0 aromatic rings. The van der Waals surface area contributed by atoms with Gasteiger partial charge in [-0.1, -0.05) is 0 Å². The summed E-state index contributed by atoms with van der Waals surface area (Å²) < 4.78 is 5.24. The number of ether oxygens (including phenoxy) is 1. The monoisotopic (exact) mass is 156 g/mol. The van der Waals surface area contributed by atoms with Gasteiger partial charge in [0.1, 0.15) is 0 Å². The lowest BCUT2D eigenvalue weighted by atomic mass is 10.1. The van der Waals surface area contributed by atoms with Crippen LogP contribution in [0.25, 0.3) is 0 Å². The van der Waals surface area contributed by atoms with Crippen molar-refractivity contribution < 1.29 is 4.74 Å². The van der Waals surface area contributed by atoms with Crippen LogP contribution in [0.5, 0.6) is 0 Å². The Kier molecular flexibility index (Phi) is 2.88.